The fourth-order valence-electron chi connectivity index (χ4n) is 4.27. The second kappa shape index (κ2) is 10.1. The topological polar surface area (TPSA) is 15.3 Å². The van der Waals surface area contributed by atoms with Crippen LogP contribution in [0, 0.1) is 0 Å². The van der Waals surface area contributed by atoms with Crippen molar-refractivity contribution in [1.29, 1.82) is 0 Å². The minimum absolute atomic E-state index is 0.0219. The van der Waals surface area contributed by atoms with Crippen LogP contribution in [0.2, 0.25) is 15.1 Å². The van der Waals surface area contributed by atoms with E-state index in [1.165, 1.54) is 12.1 Å². The molecule has 1 N–H and O–H groups in total. The van der Waals surface area contributed by atoms with Gasteiger partial charge in [-0.05, 0) is 60.4 Å². The van der Waals surface area contributed by atoms with Gasteiger partial charge < -0.3 is 10.2 Å². The van der Waals surface area contributed by atoms with Crippen LogP contribution in [0.15, 0.2) is 66.7 Å². The van der Waals surface area contributed by atoms with Crippen LogP contribution in [0.3, 0.4) is 0 Å². The largest absolute Gasteiger partial charge is 0.416 e. The number of hydrogen-bond acceptors (Lipinski definition) is 2. The number of nitrogens with one attached hydrogen (secondary N) is 1. The number of anilines is 1. The Labute approximate surface area is 206 Å². The van der Waals surface area contributed by atoms with Gasteiger partial charge in [-0.2, -0.15) is 13.2 Å². The van der Waals surface area contributed by atoms with E-state index >= 15 is 0 Å². The summed E-state index contributed by atoms with van der Waals surface area (Å²) >= 11 is 18.7. The van der Waals surface area contributed by atoms with Crippen molar-refractivity contribution < 1.29 is 13.2 Å². The highest BCUT2D eigenvalue weighted by molar-refractivity contribution is 6.36. The molecule has 1 aliphatic heterocycles. The molecule has 4 rings (SSSR count). The van der Waals surface area contributed by atoms with Gasteiger partial charge in [0.15, 0.2) is 0 Å². The van der Waals surface area contributed by atoms with E-state index in [9.17, 15) is 13.2 Å². The lowest BCUT2D eigenvalue weighted by Gasteiger charge is -2.42. The monoisotopic (exact) mass is 512 g/mol. The van der Waals surface area contributed by atoms with E-state index in [1.54, 1.807) is 12.1 Å². The van der Waals surface area contributed by atoms with Gasteiger partial charge in [0.2, 0.25) is 0 Å². The molecule has 174 valence electrons. The molecular weight excluding hydrogens is 492 g/mol. The van der Waals surface area contributed by atoms with Gasteiger partial charge in [-0.1, -0.05) is 65.1 Å². The number of halogens is 6. The van der Waals surface area contributed by atoms with E-state index in [4.69, 9.17) is 34.8 Å². The van der Waals surface area contributed by atoms with Gasteiger partial charge in [-0.25, -0.2) is 0 Å². The fourth-order valence-corrected chi connectivity index (χ4v) is 4.92. The molecule has 0 amide bonds. The second-order valence-electron chi connectivity index (χ2n) is 8.16. The molecule has 1 aliphatic rings. The molecule has 8 heteroatoms. The second-order valence-corrected chi connectivity index (χ2v) is 9.44. The van der Waals surface area contributed by atoms with Gasteiger partial charge >= 0.3 is 6.18 Å². The molecule has 3 aromatic rings. The standard InChI is InChI=1S/C25H22Cl3F3N2/c26-19-6-4-17(5-7-19)24-14-21(10-11-33(24)23-9-8-20(27)13-22(23)28)32-15-16-2-1-3-18(12-16)25(29,30)31/h1-9,12-13,21,24,32H,10-11,14-15H2. The maximum Gasteiger partial charge on any atom is 0.416 e. The van der Waals surface area contributed by atoms with E-state index in [-0.39, 0.29) is 12.1 Å². The third kappa shape index (κ3) is 5.96. The van der Waals surface area contributed by atoms with E-state index < -0.39 is 11.7 Å². The first kappa shape index (κ1) is 24.2. The van der Waals surface area contributed by atoms with Crippen LogP contribution < -0.4 is 10.2 Å². The molecule has 0 aliphatic carbocycles. The summed E-state index contributed by atoms with van der Waals surface area (Å²) in [5.41, 5.74) is 1.97. The van der Waals surface area contributed by atoms with Gasteiger partial charge in [0.25, 0.3) is 0 Å². The Kier molecular flexibility index (Phi) is 7.44. The number of nitrogens with zero attached hydrogens (tertiary/aromatic N) is 1. The Balaban J connectivity index is 1.53. The molecule has 1 saturated heterocycles. The van der Waals surface area contributed by atoms with E-state index in [1.807, 2.05) is 36.4 Å². The van der Waals surface area contributed by atoms with Crippen LogP contribution in [0.1, 0.15) is 35.6 Å². The molecule has 2 atom stereocenters. The first-order valence-electron chi connectivity index (χ1n) is 10.6. The van der Waals surface area contributed by atoms with Crippen LogP contribution in [-0.4, -0.2) is 12.6 Å². The van der Waals surface area contributed by atoms with Crippen molar-refractivity contribution in [2.24, 2.45) is 0 Å². The van der Waals surface area contributed by atoms with Gasteiger partial charge in [0, 0.05) is 29.2 Å². The smallest absolute Gasteiger partial charge is 0.363 e. The number of benzene rings is 3. The molecular formula is C25H22Cl3F3N2. The quantitative estimate of drug-likeness (QED) is 0.370. The summed E-state index contributed by atoms with van der Waals surface area (Å²) in [7, 11) is 0. The summed E-state index contributed by atoms with van der Waals surface area (Å²) in [6, 6.07) is 18.8. The van der Waals surface area contributed by atoms with E-state index in [0.717, 1.165) is 36.7 Å². The Morgan fingerprint density at radius 3 is 2.33 bits per heavy atom. The molecule has 1 heterocycles. The number of alkyl halides is 3. The average Bonchev–Trinajstić information content (AvgIpc) is 2.78. The normalized spacial score (nSPS) is 19.0. The lowest BCUT2D eigenvalue weighted by Crippen LogP contribution is -2.44. The summed E-state index contributed by atoms with van der Waals surface area (Å²) in [4.78, 5) is 2.25. The molecule has 0 radical (unpaired) electrons. The minimum atomic E-state index is -4.35. The molecule has 2 unspecified atom stereocenters. The summed E-state index contributed by atoms with van der Waals surface area (Å²) in [6.07, 6.45) is -2.76. The van der Waals surface area contributed by atoms with Crippen LogP contribution in [0.4, 0.5) is 18.9 Å². The molecule has 0 aromatic heterocycles. The van der Waals surface area contributed by atoms with Crippen LogP contribution in [0.5, 0.6) is 0 Å². The SMILES string of the molecule is FC(F)(F)c1cccc(CNC2CCN(c3ccc(Cl)cc3Cl)C(c3ccc(Cl)cc3)C2)c1. The highest BCUT2D eigenvalue weighted by Gasteiger charge is 2.32. The minimum Gasteiger partial charge on any atom is -0.363 e. The molecule has 2 nitrogen and oxygen atoms in total. The van der Waals surface area contributed by atoms with Gasteiger partial charge in [0.05, 0.1) is 22.3 Å². The van der Waals surface area contributed by atoms with E-state index in [2.05, 4.69) is 10.2 Å². The molecule has 0 bridgehead atoms. The Hall–Kier alpha value is -1.92. The first-order valence-corrected chi connectivity index (χ1v) is 11.7. The maximum absolute atomic E-state index is 13.0. The predicted octanol–water partition coefficient (Wildman–Crippen LogP) is 8.17. The molecule has 0 saturated carbocycles. The van der Waals surface area contributed by atoms with Crippen molar-refractivity contribution in [2.45, 2.75) is 37.6 Å². The Bertz CT molecular complexity index is 1100. The van der Waals surface area contributed by atoms with Crippen molar-refractivity contribution >= 4 is 40.5 Å². The maximum atomic E-state index is 13.0. The molecule has 3 aromatic carbocycles. The van der Waals surface area contributed by atoms with Crippen molar-refractivity contribution in [3.8, 4) is 0 Å². The van der Waals surface area contributed by atoms with Crippen molar-refractivity contribution in [2.75, 3.05) is 11.4 Å². The lowest BCUT2D eigenvalue weighted by molar-refractivity contribution is -0.137. The Morgan fingerprint density at radius 1 is 0.909 bits per heavy atom. The predicted molar refractivity (Wildman–Crippen MR) is 129 cm³/mol. The highest BCUT2D eigenvalue weighted by atomic mass is 35.5. The van der Waals surface area contributed by atoms with Crippen molar-refractivity contribution in [1.82, 2.24) is 5.32 Å². The molecule has 0 spiro atoms. The summed E-state index contributed by atoms with van der Waals surface area (Å²) in [6.45, 7) is 1.10. The summed E-state index contributed by atoms with van der Waals surface area (Å²) in [5.74, 6) is 0. The summed E-state index contributed by atoms with van der Waals surface area (Å²) < 4.78 is 39.1. The van der Waals surface area contributed by atoms with Gasteiger partial charge in [-0.3, -0.25) is 0 Å². The number of piperidine rings is 1. The van der Waals surface area contributed by atoms with Gasteiger partial charge in [0.1, 0.15) is 0 Å². The molecule has 1 fully saturated rings. The zero-order valence-electron chi connectivity index (χ0n) is 17.5. The van der Waals surface area contributed by atoms with Crippen LogP contribution in [0.25, 0.3) is 0 Å². The average molecular weight is 514 g/mol. The van der Waals surface area contributed by atoms with Crippen LogP contribution in [-0.2, 0) is 12.7 Å². The molecule has 33 heavy (non-hydrogen) atoms. The van der Waals surface area contributed by atoms with Crippen molar-refractivity contribution in [3.63, 3.8) is 0 Å². The van der Waals surface area contributed by atoms with E-state index in [0.29, 0.717) is 27.2 Å². The number of hydrogen-bond donors (Lipinski definition) is 1. The third-order valence-corrected chi connectivity index (χ3v) is 6.72. The zero-order chi connectivity index (χ0) is 23.6. The number of rotatable bonds is 5. The van der Waals surface area contributed by atoms with Crippen molar-refractivity contribution in [3.05, 3.63) is 98.5 Å². The Morgan fingerprint density at radius 2 is 1.64 bits per heavy atom. The first-order chi connectivity index (χ1) is 15.7. The lowest BCUT2D eigenvalue weighted by atomic mass is 9.91. The van der Waals surface area contributed by atoms with Crippen LogP contribution >= 0.6 is 34.8 Å². The van der Waals surface area contributed by atoms with Gasteiger partial charge in [-0.15, -0.1) is 0 Å². The summed E-state index contributed by atoms with van der Waals surface area (Å²) in [5, 5.41) is 5.26. The third-order valence-electron chi connectivity index (χ3n) is 5.93. The highest BCUT2D eigenvalue weighted by Crippen LogP contribution is 2.39. The fraction of sp³-hybridized carbons (Fsp3) is 0.280. The zero-order valence-corrected chi connectivity index (χ0v) is 19.8.